The highest BCUT2D eigenvalue weighted by Crippen LogP contribution is 2.16. The topological polar surface area (TPSA) is 24.5 Å². The Morgan fingerprint density at radius 2 is 2.05 bits per heavy atom. The van der Waals surface area contributed by atoms with Crippen molar-refractivity contribution >= 4 is 0 Å². The molecule has 1 saturated heterocycles. The van der Waals surface area contributed by atoms with Crippen LogP contribution in [0, 0.1) is 0 Å². The van der Waals surface area contributed by atoms with Gasteiger partial charge in [-0.05, 0) is 63.9 Å². The first kappa shape index (κ1) is 16.3. The van der Waals surface area contributed by atoms with Crippen LogP contribution in [-0.4, -0.2) is 36.7 Å². The lowest BCUT2D eigenvalue weighted by Gasteiger charge is -2.25. The average molecular weight is 290 g/mol. The summed E-state index contributed by atoms with van der Waals surface area (Å²) < 4.78 is 5.71. The van der Waals surface area contributed by atoms with E-state index in [1.54, 1.807) is 0 Å². The fraction of sp³-hybridized carbons (Fsp3) is 0.667. The second kappa shape index (κ2) is 8.40. The lowest BCUT2D eigenvalue weighted by Crippen LogP contribution is -2.37. The molecule has 1 aliphatic heterocycles. The predicted octanol–water partition coefficient (Wildman–Crippen LogP) is 3.44. The predicted molar refractivity (Wildman–Crippen MR) is 88.8 cm³/mol. The molecular formula is C18H30N2O. The van der Waals surface area contributed by atoms with E-state index in [2.05, 4.69) is 55.3 Å². The van der Waals surface area contributed by atoms with E-state index in [1.807, 2.05) is 0 Å². The van der Waals surface area contributed by atoms with Gasteiger partial charge in [0.2, 0.25) is 0 Å². The van der Waals surface area contributed by atoms with Crippen LogP contribution in [-0.2, 0) is 6.54 Å². The average Bonchev–Trinajstić information content (AvgIpc) is 2.93. The summed E-state index contributed by atoms with van der Waals surface area (Å²) in [7, 11) is 0. The van der Waals surface area contributed by atoms with Gasteiger partial charge in [0.15, 0.2) is 0 Å². The Balaban J connectivity index is 1.89. The molecule has 0 aliphatic carbocycles. The lowest BCUT2D eigenvalue weighted by molar-refractivity contribution is 0.238. The molecule has 0 aromatic heterocycles. The second-order valence-electron chi connectivity index (χ2n) is 6.34. The summed E-state index contributed by atoms with van der Waals surface area (Å²) >= 11 is 0. The van der Waals surface area contributed by atoms with Gasteiger partial charge in [-0.15, -0.1) is 0 Å². The largest absolute Gasteiger partial charge is 0.491 e. The molecule has 1 heterocycles. The van der Waals surface area contributed by atoms with E-state index >= 15 is 0 Å². The van der Waals surface area contributed by atoms with Crippen molar-refractivity contribution < 1.29 is 4.74 Å². The summed E-state index contributed by atoms with van der Waals surface area (Å²) in [5.74, 6) is 0.966. The highest BCUT2D eigenvalue weighted by Gasteiger charge is 2.17. The monoisotopic (exact) mass is 290 g/mol. The molecule has 2 rings (SSSR count). The third-order valence-corrected chi connectivity index (χ3v) is 3.88. The molecule has 3 nitrogen and oxygen atoms in total. The van der Waals surface area contributed by atoms with Gasteiger partial charge in [0.05, 0.1) is 6.10 Å². The van der Waals surface area contributed by atoms with Crippen molar-refractivity contribution in [3.05, 3.63) is 29.8 Å². The maximum Gasteiger partial charge on any atom is 0.119 e. The third kappa shape index (κ3) is 5.68. The Morgan fingerprint density at radius 1 is 1.29 bits per heavy atom. The maximum atomic E-state index is 5.71. The van der Waals surface area contributed by atoms with Crippen LogP contribution < -0.4 is 10.1 Å². The molecule has 0 spiro atoms. The standard InChI is InChI=1S/C18H30N2O/c1-4-12-20(14-17-6-5-11-19-17)13-16-7-9-18(10-8-16)21-15(2)3/h7-10,15,17,19H,4-6,11-14H2,1-3H3. The SMILES string of the molecule is CCCN(Cc1ccc(OC(C)C)cc1)CC1CCCN1. The van der Waals surface area contributed by atoms with Crippen molar-refractivity contribution in [1.82, 2.24) is 10.2 Å². The van der Waals surface area contributed by atoms with E-state index in [9.17, 15) is 0 Å². The van der Waals surface area contributed by atoms with Crippen molar-refractivity contribution in [3.63, 3.8) is 0 Å². The van der Waals surface area contributed by atoms with Crippen molar-refractivity contribution in [2.45, 2.75) is 58.7 Å². The molecule has 1 atom stereocenters. The normalized spacial score (nSPS) is 18.6. The minimum Gasteiger partial charge on any atom is -0.491 e. The van der Waals surface area contributed by atoms with Crippen LogP contribution in [0.1, 0.15) is 45.6 Å². The minimum atomic E-state index is 0.237. The third-order valence-electron chi connectivity index (χ3n) is 3.88. The lowest BCUT2D eigenvalue weighted by atomic mass is 10.1. The van der Waals surface area contributed by atoms with Gasteiger partial charge in [0.25, 0.3) is 0 Å². The van der Waals surface area contributed by atoms with E-state index in [0.29, 0.717) is 6.04 Å². The summed E-state index contributed by atoms with van der Waals surface area (Å²) in [6.07, 6.45) is 4.09. The second-order valence-corrected chi connectivity index (χ2v) is 6.34. The van der Waals surface area contributed by atoms with E-state index in [1.165, 1.54) is 37.9 Å². The molecule has 118 valence electrons. The van der Waals surface area contributed by atoms with E-state index in [4.69, 9.17) is 4.74 Å². The zero-order valence-electron chi connectivity index (χ0n) is 13.8. The van der Waals surface area contributed by atoms with E-state index in [0.717, 1.165) is 18.8 Å². The molecule has 1 aliphatic rings. The summed E-state index contributed by atoms with van der Waals surface area (Å²) in [6.45, 7) is 10.9. The molecule has 21 heavy (non-hydrogen) atoms. The first-order chi connectivity index (χ1) is 10.2. The van der Waals surface area contributed by atoms with Crippen LogP contribution in [0.5, 0.6) is 5.75 Å². The molecule has 1 N–H and O–H groups in total. The van der Waals surface area contributed by atoms with Gasteiger partial charge in [-0.25, -0.2) is 0 Å². The molecule has 1 aromatic carbocycles. The van der Waals surface area contributed by atoms with E-state index < -0.39 is 0 Å². The van der Waals surface area contributed by atoms with Gasteiger partial charge in [-0.3, -0.25) is 4.90 Å². The molecule has 1 aromatic rings. The summed E-state index contributed by atoms with van der Waals surface area (Å²) in [5.41, 5.74) is 1.37. The zero-order valence-corrected chi connectivity index (χ0v) is 13.8. The van der Waals surface area contributed by atoms with Gasteiger partial charge >= 0.3 is 0 Å². The smallest absolute Gasteiger partial charge is 0.119 e. The molecule has 3 heteroatoms. The zero-order chi connectivity index (χ0) is 15.1. The first-order valence-electron chi connectivity index (χ1n) is 8.38. The summed E-state index contributed by atoms with van der Waals surface area (Å²) in [4.78, 5) is 2.57. The van der Waals surface area contributed by atoms with Crippen LogP contribution in [0.4, 0.5) is 0 Å². The number of hydrogen-bond donors (Lipinski definition) is 1. The first-order valence-corrected chi connectivity index (χ1v) is 8.38. The molecule has 0 amide bonds. The minimum absolute atomic E-state index is 0.237. The van der Waals surface area contributed by atoms with Crippen molar-refractivity contribution in [1.29, 1.82) is 0 Å². The van der Waals surface area contributed by atoms with Crippen LogP contribution in [0.15, 0.2) is 24.3 Å². The van der Waals surface area contributed by atoms with Crippen LogP contribution >= 0.6 is 0 Å². The van der Waals surface area contributed by atoms with Crippen molar-refractivity contribution in [2.75, 3.05) is 19.6 Å². The summed E-state index contributed by atoms with van der Waals surface area (Å²) in [6, 6.07) is 9.26. The molecule has 1 unspecified atom stereocenters. The highest BCUT2D eigenvalue weighted by atomic mass is 16.5. The van der Waals surface area contributed by atoms with Crippen LogP contribution in [0.3, 0.4) is 0 Å². The molecular weight excluding hydrogens is 260 g/mol. The van der Waals surface area contributed by atoms with Crippen LogP contribution in [0.2, 0.25) is 0 Å². The van der Waals surface area contributed by atoms with Gasteiger partial charge in [0, 0.05) is 19.1 Å². The molecule has 1 fully saturated rings. The quantitative estimate of drug-likeness (QED) is 0.794. The van der Waals surface area contributed by atoms with E-state index in [-0.39, 0.29) is 6.10 Å². The van der Waals surface area contributed by atoms with Crippen molar-refractivity contribution in [2.24, 2.45) is 0 Å². The molecule has 0 bridgehead atoms. The number of benzene rings is 1. The fourth-order valence-electron chi connectivity index (χ4n) is 2.98. The highest BCUT2D eigenvalue weighted by molar-refractivity contribution is 5.27. The maximum absolute atomic E-state index is 5.71. The summed E-state index contributed by atoms with van der Waals surface area (Å²) in [5, 5.41) is 3.60. The number of hydrogen-bond acceptors (Lipinski definition) is 3. The Labute approximate surface area is 129 Å². The fourth-order valence-corrected chi connectivity index (χ4v) is 2.98. The van der Waals surface area contributed by atoms with Gasteiger partial charge in [-0.2, -0.15) is 0 Å². The van der Waals surface area contributed by atoms with Crippen LogP contribution in [0.25, 0.3) is 0 Å². The number of nitrogens with one attached hydrogen (secondary N) is 1. The molecule has 0 saturated carbocycles. The number of ether oxygens (including phenoxy) is 1. The number of rotatable bonds is 8. The Bertz CT molecular complexity index is 396. The number of nitrogens with zero attached hydrogens (tertiary/aromatic N) is 1. The molecule has 0 radical (unpaired) electrons. The van der Waals surface area contributed by atoms with Gasteiger partial charge in [-0.1, -0.05) is 19.1 Å². The Kier molecular flexibility index (Phi) is 6.52. The van der Waals surface area contributed by atoms with Gasteiger partial charge < -0.3 is 10.1 Å². The van der Waals surface area contributed by atoms with Crippen molar-refractivity contribution in [3.8, 4) is 5.75 Å². The Morgan fingerprint density at radius 3 is 2.62 bits per heavy atom. The Hall–Kier alpha value is -1.06. The van der Waals surface area contributed by atoms with Gasteiger partial charge in [0.1, 0.15) is 5.75 Å².